The number of aromatic nitrogens is 3. The second-order valence-electron chi connectivity index (χ2n) is 8.16. The van der Waals surface area contributed by atoms with Crippen molar-refractivity contribution in [1.82, 2.24) is 15.0 Å². The molecule has 37 heavy (non-hydrogen) atoms. The van der Waals surface area contributed by atoms with Gasteiger partial charge < -0.3 is 20.1 Å². The molecule has 1 saturated heterocycles. The van der Waals surface area contributed by atoms with Gasteiger partial charge in [-0.15, -0.1) is 0 Å². The monoisotopic (exact) mass is 519 g/mol. The van der Waals surface area contributed by atoms with Crippen molar-refractivity contribution in [2.24, 2.45) is 5.10 Å². The first-order chi connectivity index (χ1) is 18.0. The second kappa shape index (κ2) is 11.2. The number of pyridine rings is 1. The number of hydrazone groups is 1. The summed E-state index contributed by atoms with van der Waals surface area (Å²) in [6, 6.07) is 18.4. The van der Waals surface area contributed by atoms with Crippen LogP contribution in [0.4, 0.5) is 27.5 Å². The molecular weight excluding hydrogens is 497 g/mol. The molecule has 188 valence electrons. The van der Waals surface area contributed by atoms with Gasteiger partial charge in [0.1, 0.15) is 5.75 Å². The molecule has 5 rings (SSSR count). The third kappa shape index (κ3) is 6.11. The summed E-state index contributed by atoms with van der Waals surface area (Å²) < 4.78 is 19.5. The van der Waals surface area contributed by atoms with E-state index in [0.717, 1.165) is 23.0 Å². The number of morpholine rings is 1. The fraction of sp³-hybridized carbons (Fsp3) is 0.154. The molecule has 0 aliphatic carbocycles. The van der Waals surface area contributed by atoms with E-state index in [1.165, 1.54) is 6.21 Å². The van der Waals surface area contributed by atoms with Gasteiger partial charge in [0.25, 0.3) is 0 Å². The summed E-state index contributed by atoms with van der Waals surface area (Å²) in [7, 11) is 0. The van der Waals surface area contributed by atoms with Gasteiger partial charge in [-0.05, 0) is 47.5 Å². The second-order valence-corrected chi connectivity index (χ2v) is 8.52. The molecule has 0 atom stereocenters. The number of hydrogen-bond acceptors (Lipinski definition) is 9. The first-order valence-corrected chi connectivity index (χ1v) is 11.9. The van der Waals surface area contributed by atoms with Gasteiger partial charge >= 0.3 is 0 Å². The van der Waals surface area contributed by atoms with E-state index in [-0.39, 0.29) is 22.7 Å². The predicted molar refractivity (Wildman–Crippen MR) is 142 cm³/mol. The molecule has 3 N–H and O–H groups in total. The van der Waals surface area contributed by atoms with Crippen LogP contribution in [0.15, 0.2) is 72.0 Å². The number of nitrogens with one attached hydrogen (secondary N) is 2. The van der Waals surface area contributed by atoms with Crippen molar-refractivity contribution in [2.45, 2.75) is 0 Å². The Balaban J connectivity index is 1.21. The Labute approximate surface area is 217 Å². The lowest BCUT2D eigenvalue weighted by Crippen LogP contribution is -2.37. The molecule has 1 aliphatic heterocycles. The van der Waals surface area contributed by atoms with Crippen LogP contribution in [0.1, 0.15) is 5.69 Å². The van der Waals surface area contributed by atoms with Crippen molar-refractivity contribution >= 4 is 41.0 Å². The third-order valence-electron chi connectivity index (χ3n) is 5.61. The molecule has 0 unspecified atom stereocenters. The van der Waals surface area contributed by atoms with Crippen molar-refractivity contribution in [1.29, 1.82) is 0 Å². The summed E-state index contributed by atoms with van der Waals surface area (Å²) in [6.07, 6.45) is 2.59. The molecular formula is C26H23ClFN7O2. The van der Waals surface area contributed by atoms with Gasteiger partial charge in [0.2, 0.25) is 5.95 Å². The molecule has 11 heteroatoms. The fourth-order valence-corrected chi connectivity index (χ4v) is 3.97. The molecule has 0 saturated carbocycles. The summed E-state index contributed by atoms with van der Waals surface area (Å²) in [5.41, 5.74) is 6.58. The summed E-state index contributed by atoms with van der Waals surface area (Å²) in [4.78, 5) is 14.3. The van der Waals surface area contributed by atoms with Crippen LogP contribution in [0.2, 0.25) is 5.15 Å². The van der Waals surface area contributed by atoms with Crippen LogP contribution in [0.3, 0.4) is 0 Å². The van der Waals surface area contributed by atoms with E-state index in [2.05, 4.69) is 30.8 Å². The number of anilines is 4. The topological polar surface area (TPSA) is 108 Å². The van der Waals surface area contributed by atoms with Crippen molar-refractivity contribution in [3.8, 4) is 16.9 Å². The highest BCUT2D eigenvalue weighted by molar-refractivity contribution is 6.32. The molecule has 2 aromatic carbocycles. The molecule has 0 radical (unpaired) electrons. The maximum Gasteiger partial charge on any atom is 0.245 e. The van der Waals surface area contributed by atoms with Gasteiger partial charge in [0.05, 0.1) is 37.0 Å². The van der Waals surface area contributed by atoms with E-state index in [1.807, 2.05) is 35.2 Å². The van der Waals surface area contributed by atoms with Crippen LogP contribution in [0.25, 0.3) is 11.1 Å². The summed E-state index contributed by atoms with van der Waals surface area (Å²) >= 11 is 6.38. The number of hydrogen-bond donors (Lipinski definition) is 3. The molecule has 0 amide bonds. The van der Waals surface area contributed by atoms with E-state index in [9.17, 15) is 9.50 Å². The molecule has 2 aromatic heterocycles. The van der Waals surface area contributed by atoms with Gasteiger partial charge in [0.15, 0.2) is 16.8 Å². The van der Waals surface area contributed by atoms with Crippen LogP contribution in [0.5, 0.6) is 5.75 Å². The molecule has 4 aromatic rings. The quantitative estimate of drug-likeness (QED) is 0.177. The van der Waals surface area contributed by atoms with Crippen LogP contribution in [-0.4, -0.2) is 52.6 Å². The Hall–Kier alpha value is -4.28. The van der Waals surface area contributed by atoms with Crippen LogP contribution >= 0.6 is 11.6 Å². The van der Waals surface area contributed by atoms with Gasteiger partial charge in [-0.3, -0.25) is 0 Å². The number of phenolic OH excluding ortho intramolecular Hbond substituents is 1. The predicted octanol–water partition coefficient (Wildman–Crippen LogP) is 5.06. The number of benzene rings is 2. The van der Waals surface area contributed by atoms with Gasteiger partial charge in [0, 0.05) is 18.8 Å². The molecule has 0 spiro atoms. The zero-order chi connectivity index (χ0) is 25.6. The number of aromatic hydroxyl groups is 1. The van der Waals surface area contributed by atoms with Crippen LogP contribution in [0, 0.1) is 5.82 Å². The standard InChI is InChI=1S/C26H23ClFN7O2/c27-24-23(31-19-6-4-17(5-7-19)18-2-1-3-21(36)14-18)9-8-20(32-24)15-30-34-26-29-16-22(28)25(33-26)35-10-12-37-13-11-35/h1-9,14-16,31,36H,10-13H2,(H,29,33,34)/b30-15+. The highest BCUT2D eigenvalue weighted by atomic mass is 35.5. The smallest absolute Gasteiger partial charge is 0.245 e. The zero-order valence-electron chi connectivity index (χ0n) is 19.6. The highest BCUT2D eigenvalue weighted by Gasteiger charge is 2.17. The average molecular weight is 520 g/mol. The van der Waals surface area contributed by atoms with Gasteiger partial charge in [-0.1, -0.05) is 35.9 Å². The van der Waals surface area contributed by atoms with E-state index >= 15 is 0 Å². The summed E-state index contributed by atoms with van der Waals surface area (Å²) in [6.45, 7) is 2.15. The van der Waals surface area contributed by atoms with E-state index in [1.54, 1.807) is 30.3 Å². The van der Waals surface area contributed by atoms with Crippen LogP contribution < -0.4 is 15.6 Å². The molecule has 1 fully saturated rings. The minimum atomic E-state index is -0.498. The first-order valence-electron chi connectivity index (χ1n) is 11.5. The molecule has 0 bridgehead atoms. The van der Waals surface area contributed by atoms with E-state index in [0.29, 0.717) is 37.7 Å². The number of ether oxygens (including phenoxy) is 1. The van der Waals surface area contributed by atoms with Crippen LogP contribution in [-0.2, 0) is 4.74 Å². The van der Waals surface area contributed by atoms with Gasteiger partial charge in [-0.2, -0.15) is 10.1 Å². The fourth-order valence-electron chi connectivity index (χ4n) is 3.77. The zero-order valence-corrected chi connectivity index (χ0v) is 20.4. The Morgan fingerprint density at radius 2 is 1.84 bits per heavy atom. The number of halogens is 2. The maximum absolute atomic E-state index is 14.2. The van der Waals surface area contributed by atoms with Crippen molar-refractivity contribution in [3.05, 3.63) is 83.5 Å². The largest absolute Gasteiger partial charge is 0.508 e. The Kier molecular flexibility index (Phi) is 7.38. The lowest BCUT2D eigenvalue weighted by Gasteiger charge is -2.27. The first kappa shape index (κ1) is 24.4. The van der Waals surface area contributed by atoms with E-state index < -0.39 is 5.82 Å². The Morgan fingerprint density at radius 1 is 1.03 bits per heavy atom. The molecule has 9 nitrogen and oxygen atoms in total. The minimum Gasteiger partial charge on any atom is -0.508 e. The third-order valence-corrected chi connectivity index (χ3v) is 5.90. The Morgan fingerprint density at radius 3 is 2.59 bits per heavy atom. The maximum atomic E-state index is 14.2. The Bertz CT molecular complexity index is 1410. The minimum absolute atomic E-state index is 0.165. The molecule has 3 heterocycles. The number of nitrogens with zero attached hydrogens (tertiary/aromatic N) is 5. The van der Waals surface area contributed by atoms with Crippen molar-refractivity contribution < 1.29 is 14.2 Å². The SMILES string of the molecule is Oc1cccc(-c2ccc(Nc3ccc(/C=N/Nc4ncc(F)c(N5CCOCC5)n4)nc3Cl)cc2)c1. The normalized spacial score (nSPS) is 13.6. The summed E-state index contributed by atoms with van der Waals surface area (Å²) in [5, 5.41) is 17.3. The van der Waals surface area contributed by atoms with Crippen molar-refractivity contribution in [2.75, 3.05) is 41.9 Å². The highest BCUT2D eigenvalue weighted by Crippen LogP contribution is 2.28. The number of phenols is 1. The van der Waals surface area contributed by atoms with Gasteiger partial charge in [-0.25, -0.2) is 19.8 Å². The van der Waals surface area contributed by atoms with E-state index in [4.69, 9.17) is 16.3 Å². The average Bonchev–Trinajstić information content (AvgIpc) is 2.92. The lowest BCUT2D eigenvalue weighted by molar-refractivity contribution is 0.122. The van der Waals surface area contributed by atoms with Crippen molar-refractivity contribution in [3.63, 3.8) is 0 Å². The lowest BCUT2D eigenvalue weighted by atomic mass is 10.1. The summed E-state index contributed by atoms with van der Waals surface area (Å²) in [5.74, 6) is 0.0986. The molecule has 1 aliphatic rings. The number of rotatable bonds is 7.